The van der Waals surface area contributed by atoms with Crippen molar-refractivity contribution in [1.29, 1.82) is 0 Å². The summed E-state index contributed by atoms with van der Waals surface area (Å²) in [6.07, 6.45) is 6.12. The van der Waals surface area contributed by atoms with E-state index < -0.39 is 19.6 Å². The maximum Gasteiger partial charge on any atom is 0.120 e. The fourth-order valence-corrected chi connectivity index (χ4v) is 6.29. The van der Waals surface area contributed by atoms with Crippen LogP contribution in [0.2, 0.25) is 0 Å². The number of pyridine rings is 2. The first-order valence-electron chi connectivity index (χ1n) is 19.5. The number of para-hydroxylation sites is 1. The maximum atomic E-state index is 9.23. The molecule has 0 bridgehead atoms. The number of hydrogen-bond acceptors (Lipinski definition) is 3. The SMILES string of the molecule is [2H]C([2H])([2H])c1cnc(-c2[c-]ccc3c2oc2ccccc23)cc1-c1ccc(C2([2H])CCC(C)(C)CC2)cc1C([2H])([2H])[2H].[Ir].[c-]1ccccc1-c1ccccn1. The van der Waals surface area contributed by atoms with Gasteiger partial charge in [0.15, 0.2) is 0 Å². The summed E-state index contributed by atoms with van der Waals surface area (Å²) in [7, 11) is 0. The molecule has 0 N–H and O–H groups in total. The standard InChI is InChI=1S/C33H32NO.C11H8N.Ir/c1-21-18-24(23-14-16-33(3,4)17-15-23)12-13-25(21)29-19-30(34-20-22(29)2)28-10-7-9-27-26-8-5-6-11-31(26)35-32(27)28;1-2-6-10(7-3-1)11-8-4-5-9-12-11;/h5-9,11-13,18-20,23H,14-17H2,1-4H3;1-6,8-9H;/q2*-1;/i1D3,2D3,23D;;. The van der Waals surface area contributed by atoms with E-state index in [1.807, 2.05) is 72.8 Å². The third-order valence-corrected chi connectivity index (χ3v) is 9.07. The zero-order chi connectivity index (χ0) is 38.3. The third kappa shape index (κ3) is 7.06. The molecule has 4 heteroatoms. The van der Waals surface area contributed by atoms with Gasteiger partial charge in [-0.15, -0.1) is 54.1 Å². The fraction of sp³-hybridized carbons (Fsp3) is 0.227. The predicted molar refractivity (Wildman–Crippen MR) is 194 cm³/mol. The van der Waals surface area contributed by atoms with Crippen LogP contribution in [-0.4, -0.2) is 9.97 Å². The monoisotopic (exact) mass is 812 g/mol. The van der Waals surface area contributed by atoms with Gasteiger partial charge < -0.3 is 14.4 Å². The van der Waals surface area contributed by atoms with Gasteiger partial charge in [-0.2, -0.15) is 0 Å². The van der Waals surface area contributed by atoms with Crippen LogP contribution < -0.4 is 0 Å². The van der Waals surface area contributed by atoms with E-state index in [-0.39, 0.29) is 42.2 Å². The van der Waals surface area contributed by atoms with Crippen molar-refractivity contribution in [3.8, 4) is 33.6 Å². The van der Waals surface area contributed by atoms with Crippen molar-refractivity contribution in [3.05, 3.63) is 144 Å². The molecule has 0 spiro atoms. The second-order valence-corrected chi connectivity index (χ2v) is 12.8. The van der Waals surface area contributed by atoms with Crippen molar-refractivity contribution in [3.63, 3.8) is 0 Å². The Morgan fingerprint density at radius 3 is 2.35 bits per heavy atom. The molecular weight excluding hydrogens is 765 g/mol. The van der Waals surface area contributed by atoms with Gasteiger partial charge in [-0.3, -0.25) is 0 Å². The van der Waals surface area contributed by atoms with E-state index in [9.17, 15) is 1.37 Å². The van der Waals surface area contributed by atoms with Gasteiger partial charge >= 0.3 is 0 Å². The Balaban J connectivity index is 0.000000336. The Morgan fingerprint density at radius 2 is 1.58 bits per heavy atom. The smallest absolute Gasteiger partial charge is 0.120 e. The molecule has 0 amide bonds. The summed E-state index contributed by atoms with van der Waals surface area (Å²) >= 11 is 0. The molecule has 3 aromatic heterocycles. The number of fused-ring (bicyclic) bond motifs is 3. The van der Waals surface area contributed by atoms with Crippen LogP contribution in [0.4, 0.5) is 0 Å². The Bertz CT molecular complexity index is 2380. The first-order valence-corrected chi connectivity index (χ1v) is 16.0. The number of benzene rings is 4. The molecule has 0 saturated heterocycles. The Hall–Kier alpha value is -4.37. The molecule has 3 heterocycles. The summed E-state index contributed by atoms with van der Waals surface area (Å²) in [6, 6.07) is 38.1. The third-order valence-electron chi connectivity index (χ3n) is 9.07. The van der Waals surface area contributed by atoms with E-state index in [0.717, 1.165) is 34.9 Å². The van der Waals surface area contributed by atoms with Gasteiger partial charge in [0.25, 0.3) is 0 Å². The molecule has 1 fully saturated rings. The quantitative estimate of drug-likeness (QED) is 0.166. The van der Waals surface area contributed by atoms with Crippen LogP contribution in [-0.2, 0) is 20.1 Å². The molecule has 4 aromatic carbocycles. The van der Waals surface area contributed by atoms with Gasteiger partial charge in [0.05, 0.1) is 5.58 Å². The summed E-state index contributed by atoms with van der Waals surface area (Å²) in [6.45, 7) is -0.670. The Labute approximate surface area is 307 Å². The second-order valence-electron chi connectivity index (χ2n) is 12.8. The van der Waals surface area contributed by atoms with Crippen LogP contribution in [0.3, 0.4) is 0 Å². The molecule has 243 valence electrons. The van der Waals surface area contributed by atoms with Crippen molar-refractivity contribution in [1.82, 2.24) is 9.97 Å². The van der Waals surface area contributed by atoms with Gasteiger partial charge in [-0.25, -0.2) is 0 Å². The molecule has 1 aliphatic carbocycles. The molecule has 7 aromatic rings. The van der Waals surface area contributed by atoms with Gasteiger partial charge in [0.1, 0.15) is 5.58 Å². The summed E-state index contributed by atoms with van der Waals surface area (Å²) in [5.41, 5.74) is 5.64. The molecule has 8 rings (SSSR count). The molecule has 0 atom stereocenters. The number of nitrogens with zero attached hydrogens (tertiary/aromatic N) is 2. The average molecular weight is 812 g/mol. The number of furan rings is 1. The first-order chi connectivity index (χ1) is 25.6. The topological polar surface area (TPSA) is 38.9 Å². The van der Waals surface area contributed by atoms with Crippen LogP contribution in [0.1, 0.15) is 71.7 Å². The molecular formula is C44H40IrN2O-2. The summed E-state index contributed by atoms with van der Waals surface area (Å²) in [4.78, 5) is 8.73. The van der Waals surface area contributed by atoms with E-state index in [1.165, 1.54) is 6.20 Å². The largest absolute Gasteiger partial charge is 0.501 e. The summed E-state index contributed by atoms with van der Waals surface area (Å²) in [5.74, 6) is -0.893. The predicted octanol–water partition coefficient (Wildman–Crippen LogP) is 12.0. The van der Waals surface area contributed by atoms with Crippen LogP contribution in [0.25, 0.3) is 55.6 Å². The molecule has 48 heavy (non-hydrogen) atoms. The molecule has 1 aliphatic rings. The van der Waals surface area contributed by atoms with Crippen molar-refractivity contribution < 1.29 is 34.1 Å². The second kappa shape index (κ2) is 14.4. The fourth-order valence-electron chi connectivity index (χ4n) is 6.29. The van der Waals surface area contributed by atoms with Gasteiger partial charge in [0.2, 0.25) is 0 Å². The number of aryl methyl sites for hydroxylation is 2. The maximum absolute atomic E-state index is 9.23. The minimum absolute atomic E-state index is 0. The van der Waals surface area contributed by atoms with Crippen LogP contribution in [0.5, 0.6) is 0 Å². The molecule has 0 unspecified atom stereocenters. The average Bonchev–Trinajstić information content (AvgIpc) is 3.55. The zero-order valence-corrected chi connectivity index (χ0v) is 29.3. The summed E-state index contributed by atoms with van der Waals surface area (Å²) < 4.78 is 65.3. The van der Waals surface area contributed by atoms with Crippen molar-refractivity contribution in [2.75, 3.05) is 0 Å². The normalized spacial score (nSPS) is 17.6. The minimum Gasteiger partial charge on any atom is -0.501 e. The molecule has 1 saturated carbocycles. The number of hydrogen-bond donors (Lipinski definition) is 0. The van der Waals surface area contributed by atoms with E-state index in [4.69, 9.17) is 12.6 Å². The Kier molecular flexibility index (Phi) is 7.69. The van der Waals surface area contributed by atoms with E-state index in [2.05, 4.69) is 35.9 Å². The molecule has 0 aliphatic heterocycles. The Morgan fingerprint density at radius 1 is 0.771 bits per heavy atom. The zero-order valence-electron chi connectivity index (χ0n) is 33.9. The molecule has 1 radical (unpaired) electrons. The van der Waals surface area contributed by atoms with Gasteiger partial charge in [-0.05, 0) is 102 Å². The van der Waals surface area contributed by atoms with E-state index in [0.29, 0.717) is 46.4 Å². The van der Waals surface area contributed by atoms with Crippen LogP contribution in [0, 0.1) is 31.3 Å². The van der Waals surface area contributed by atoms with E-state index in [1.54, 1.807) is 36.5 Å². The van der Waals surface area contributed by atoms with Crippen LogP contribution >= 0.6 is 0 Å². The number of aromatic nitrogens is 2. The summed E-state index contributed by atoms with van der Waals surface area (Å²) in [5, 5.41) is 1.82. The van der Waals surface area contributed by atoms with E-state index >= 15 is 0 Å². The minimum atomic E-state index is -2.54. The first kappa shape index (κ1) is 25.6. The number of rotatable bonds is 4. The van der Waals surface area contributed by atoms with Crippen molar-refractivity contribution >= 4 is 21.9 Å². The van der Waals surface area contributed by atoms with Crippen molar-refractivity contribution in [2.45, 2.75) is 59.1 Å². The van der Waals surface area contributed by atoms with Gasteiger partial charge in [0, 0.05) is 47.5 Å². The van der Waals surface area contributed by atoms with Gasteiger partial charge in [-0.1, -0.05) is 79.4 Å². The van der Waals surface area contributed by atoms with Crippen molar-refractivity contribution in [2.24, 2.45) is 5.41 Å². The van der Waals surface area contributed by atoms with Crippen LogP contribution in [0.15, 0.2) is 120 Å². The molecule has 3 nitrogen and oxygen atoms in total.